The van der Waals surface area contributed by atoms with Gasteiger partial charge >= 0.3 is 0 Å². The Morgan fingerprint density at radius 3 is 2.87 bits per heavy atom. The topological polar surface area (TPSA) is 77.8 Å². The number of aromatic hydroxyl groups is 2. The van der Waals surface area contributed by atoms with Crippen LogP contribution in [0.15, 0.2) is 10.5 Å². The fourth-order valence-electron chi connectivity index (χ4n) is 5.15. The molecule has 3 aliphatic rings. The number of fused-ring (bicyclic) bond motifs is 1. The van der Waals surface area contributed by atoms with Crippen molar-refractivity contribution >= 4 is 28.1 Å². The molecule has 0 radical (unpaired) electrons. The maximum absolute atomic E-state index is 12.2. The van der Waals surface area contributed by atoms with Gasteiger partial charge in [0.05, 0.1) is 4.47 Å². The number of likely N-dealkylation sites (tertiary alicyclic amines) is 1. The van der Waals surface area contributed by atoms with Crippen LogP contribution >= 0.6 is 15.9 Å². The Hall–Kier alpha value is -1.56. The van der Waals surface area contributed by atoms with Gasteiger partial charge in [0.25, 0.3) is 0 Å². The van der Waals surface area contributed by atoms with E-state index >= 15 is 0 Å². The van der Waals surface area contributed by atoms with E-state index in [2.05, 4.69) is 15.9 Å². The van der Waals surface area contributed by atoms with Crippen LogP contribution in [-0.2, 0) is 21.4 Å². The molecule has 1 amide bonds. The molecule has 1 aromatic rings. The van der Waals surface area contributed by atoms with Crippen LogP contribution in [0.2, 0.25) is 0 Å². The molecular weight excluding hydrogens is 362 g/mol. The van der Waals surface area contributed by atoms with E-state index < -0.39 is 5.41 Å². The van der Waals surface area contributed by atoms with Gasteiger partial charge < -0.3 is 15.1 Å². The molecule has 5 nitrogen and oxygen atoms in total. The summed E-state index contributed by atoms with van der Waals surface area (Å²) in [5.41, 5.74) is 1.24. The van der Waals surface area contributed by atoms with E-state index in [0.717, 1.165) is 24.0 Å². The number of benzene rings is 1. The molecule has 1 heterocycles. The first-order valence-electron chi connectivity index (χ1n) is 7.94. The summed E-state index contributed by atoms with van der Waals surface area (Å²) in [6.07, 6.45) is 3.88. The molecule has 2 bridgehead atoms. The van der Waals surface area contributed by atoms with E-state index in [1.54, 1.807) is 0 Å². The molecule has 1 saturated carbocycles. The number of piperidine rings is 1. The van der Waals surface area contributed by atoms with E-state index in [-0.39, 0.29) is 29.2 Å². The first-order chi connectivity index (χ1) is 11.0. The third-order valence-electron chi connectivity index (χ3n) is 6.03. The number of phenolic OH excluding ortho intramolecular Hbond substituents is 2. The molecule has 2 fully saturated rings. The second-order valence-corrected chi connectivity index (χ2v) is 7.76. The number of rotatable bonds is 1. The van der Waals surface area contributed by atoms with Crippen LogP contribution in [0.3, 0.4) is 0 Å². The van der Waals surface area contributed by atoms with Crippen LogP contribution in [0.5, 0.6) is 11.5 Å². The summed E-state index contributed by atoms with van der Waals surface area (Å²) in [7, 11) is 0. The van der Waals surface area contributed by atoms with Crippen molar-refractivity contribution in [3.05, 3.63) is 21.7 Å². The number of ketones is 1. The second-order valence-electron chi connectivity index (χ2n) is 6.96. The Morgan fingerprint density at radius 1 is 1.35 bits per heavy atom. The molecule has 4 rings (SSSR count). The Bertz CT molecular complexity index is 719. The van der Waals surface area contributed by atoms with E-state index in [9.17, 15) is 19.8 Å². The minimum Gasteiger partial charge on any atom is -0.507 e. The number of amides is 1. The van der Waals surface area contributed by atoms with Gasteiger partial charge in [0, 0.05) is 42.5 Å². The third-order valence-corrected chi connectivity index (χ3v) is 6.92. The maximum atomic E-state index is 12.2. The quantitative estimate of drug-likeness (QED) is 0.733. The first kappa shape index (κ1) is 15.0. The highest BCUT2D eigenvalue weighted by atomic mass is 79.9. The number of Topliss-reactive ketones (excluding diaryl/α,β-unsaturated/α-hetero) is 1. The lowest BCUT2D eigenvalue weighted by atomic mass is 9.52. The summed E-state index contributed by atoms with van der Waals surface area (Å²) in [5.74, 6) is 0.470. The lowest BCUT2D eigenvalue weighted by Gasteiger charge is -2.57. The van der Waals surface area contributed by atoms with Gasteiger partial charge in [-0.2, -0.15) is 0 Å². The molecule has 2 aliphatic carbocycles. The molecule has 6 heteroatoms. The highest BCUT2D eigenvalue weighted by molar-refractivity contribution is 9.10. The Labute approximate surface area is 142 Å². The zero-order valence-electron chi connectivity index (χ0n) is 12.6. The summed E-state index contributed by atoms with van der Waals surface area (Å²) in [6, 6.07) is 1.39. The minimum absolute atomic E-state index is 0.00559. The zero-order chi connectivity index (χ0) is 16.4. The highest BCUT2D eigenvalue weighted by Crippen LogP contribution is 2.58. The Kier molecular flexibility index (Phi) is 3.24. The van der Waals surface area contributed by atoms with Crippen LogP contribution in [0, 0.1) is 5.92 Å². The normalized spacial score (nSPS) is 32.2. The van der Waals surface area contributed by atoms with Crippen molar-refractivity contribution in [2.45, 2.75) is 43.6 Å². The molecule has 23 heavy (non-hydrogen) atoms. The van der Waals surface area contributed by atoms with Crippen LogP contribution in [0.4, 0.5) is 0 Å². The van der Waals surface area contributed by atoms with Gasteiger partial charge in [0.1, 0.15) is 17.3 Å². The average Bonchev–Trinajstić information content (AvgIpc) is 2.51. The molecule has 1 aromatic carbocycles. The standard InChI is InChI=1S/C17H18BrNO4/c18-16-10-5-12-11-2-1-9(21)7-17(11,3-4-19(12)8-20)15(10)13(22)6-14(16)23/h6,8,11-12,22-23H,1-5,7H2. The van der Waals surface area contributed by atoms with Gasteiger partial charge in [-0.1, -0.05) is 0 Å². The number of carbonyl (C=O) groups is 2. The molecule has 1 aliphatic heterocycles. The molecule has 0 spiro atoms. The van der Waals surface area contributed by atoms with Gasteiger partial charge in [0.15, 0.2) is 0 Å². The number of carbonyl (C=O) groups excluding carboxylic acids is 2. The number of halogens is 1. The molecule has 1 saturated heterocycles. The van der Waals surface area contributed by atoms with Crippen molar-refractivity contribution in [3.8, 4) is 11.5 Å². The lowest BCUT2D eigenvalue weighted by Crippen LogP contribution is -2.61. The summed E-state index contributed by atoms with van der Waals surface area (Å²) in [5, 5.41) is 20.6. The number of phenols is 2. The van der Waals surface area contributed by atoms with Gasteiger partial charge in [-0.25, -0.2) is 0 Å². The fraction of sp³-hybridized carbons (Fsp3) is 0.529. The largest absolute Gasteiger partial charge is 0.507 e. The molecule has 122 valence electrons. The highest BCUT2D eigenvalue weighted by Gasteiger charge is 2.57. The van der Waals surface area contributed by atoms with E-state index in [0.29, 0.717) is 36.7 Å². The van der Waals surface area contributed by atoms with Crippen molar-refractivity contribution < 1.29 is 19.8 Å². The first-order valence-corrected chi connectivity index (χ1v) is 8.74. The predicted octanol–water partition coefficient (Wildman–Crippen LogP) is 2.25. The monoisotopic (exact) mass is 379 g/mol. The lowest BCUT2D eigenvalue weighted by molar-refractivity contribution is -0.132. The van der Waals surface area contributed by atoms with Gasteiger partial charge in [-0.05, 0) is 46.7 Å². The van der Waals surface area contributed by atoms with E-state index in [1.807, 2.05) is 4.90 Å². The van der Waals surface area contributed by atoms with Gasteiger partial charge in [-0.3, -0.25) is 9.59 Å². The van der Waals surface area contributed by atoms with E-state index in [1.165, 1.54) is 6.07 Å². The molecule has 2 N–H and O–H groups in total. The second kappa shape index (κ2) is 4.97. The van der Waals surface area contributed by atoms with Crippen molar-refractivity contribution in [1.29, 1.82) is 0 Å². The van der Waals surface area contributed by atoms with Gasteiger partial charge in [0.2, 0.25) is 6.41 Å². The van der Waals surface area contributed by atoms with Crippen LogP contribution < -0.4 is 0 Å². The van der Waals surface area contributed by atoms with Crippen molar-refractivity contribution in [3.63, 3.8) is 0 Å². The Morgan fingerprint density at radius 2 is 2.13 bits per heavy atom. The molecule has 3 atom stereocenters. The summed E-state index contributed by atoms with van der Waals surface area (Å²) in [6.45, 7) is 0.606. The predicted molar refractivity (Wildman–Crippen MR) is 86.4 cm³/mol. The van der Waals surface area contributed by atoms with E-state index in [4.69, 9.17) is 0 Å². The smallest absolute Gasteiger partial charge is 0.209 e. The van der Waals surface area contributed by atoms with Crippen molar-refractivity contribution in [1.82, 2.24) is 4.90 Å². The number of hydrogen-bond acceptors (Lipinski definition) is 4. The summed E-state index contributed by atoms with van der Waals surface area (Å²) >= 11 is 3.43. The summed E-state index contributed by atoms with van der Waals surface area (Å²) in [4.78, 5) is 25.5. The third kappa shape index (κ3) is 1.90. The van der Waals surface area contributed by atoms with Gasteiger partial charge in [-0.15, -0.1) is 0 Å². The zero-order valence-corrected chi connectivity index (χ0v) is 14.2. The number of hydrogen-bond donors (Lipinski definition) is 2. The minimum atomic E-state index is -0.409. The van der Waals surface area contributed by atoms with Crippen molar-refractivity contribution in [2.75, 3.05) is 6.54 Å². The maximum Gasteiger partial charge on any atom is 0.209 e. The fourth-order valence-corrected chi connectivity index (χ4v) is 5.63. The summed E-state index contributed by atoms with van der Waals surface area (Å²) < 4.78 is 0.568. The Balaban J connectivity index is 1.98. The van der Waals surface area contributed by atoms with Crippen LogP contribution in [0.25, 0.3) is 0 Å². The van der Waals surface area contributed by atoms with Crippen molar-refractivity contribution in [2.24, 2.45) is 5.92 Å². The van der Waals surface area contributed by atoms with Crippen LogP contribution in [0.1, 0.15) is 36.8 Å². The molecule has 0 aromatic heterocycles. The average molecular weight is 380 g/mol. The van der Waals surface area contributed by atoms with Crippen LogP contribution in [-0.4, -0.2) is 39.9 Å². The number of nitrogens with zero attached hydrogens (tertiary/aromatic N) is 1. The molecule has 3 unspecified atom stereocenters. The SMILES string of the molecule is O=CN1CCC23CC(=O)CCC2C1Cc1c(Br)c(O)cc(O)c13. The molecular formula is C17H18BrNO4.